The van der Waals surface area contributed by atoms with Gasteiger partial charge in [-0.05, 0) is 36.8 Å². The molecule has 16 heavy (non-hydrogen) atoms. The summed E-state index contributed by atoms with van der Waals surface area (Å²) in [5, 5.41) is 0. The van der Waals surface area contributed by atoms with Crippen LogP contribution in [0.4, 0.5) is 0 Å². The number of benzene rings is 1. The average molecular weight is 217 g/mol. The minimum absolute atomic E-state index is 0.0285. The highest BCUT2D eigenvalue weighted by Gasteiger charge is 2.47. The van der Waals surface area contributed by atoms with Crippen molar-refractivity contribution in [2.75, 3.05) is 13.7 Å². The first-order valence-electron chi connectivity index (χ1n) is 6.11. The molecule has 0 amide bonds. The molecule has 0 aromatic heterocycles. The van der Waals surface area contributed by atoms with Crippen LogP contribution < -0.4 is 5.73 Å². The van der Waals surface area contributed by atoms with E-state index in [9.17, 15) is 0 Å². The van der Waals surface area contributed by atoms with Crippen molar-refractivity contribution >= 4 is 0 Å². The number of methoxy groups -OCH3 is 1. The third-order valence-corrected chi connectivity index (χ3v) is 4.34. The lowest BCUT2D eigenvalue weighted by Gasteiger charge is -2.18. The van der Waals surface area contributed by atoms with Crippen LogP contribution in [0.25, 0.3) is 0 Å². The fraction of sp³-hybridized carbons (Fsp3) is 0.571. The number of rotatable bonds is 4. The maximum Gasteiger partial charge on any atom is 0.0930 e. The van der Waals surface area contributed by atoms with E-state index in [1.165, 1.54) is 24.0 Å². The normalized spacial score (nSPS) is 24.1. The Morgan fingerprint density at radius 2 is 1.88 bits per heavy atom. The summed E-state index contributed by atoms with van der Waals surface area (Å²) in [5.41, 5.74) is 8.95. The van der Waals surface area contributed by atoms with E-state index in [4.69, 9.17) is 10.5 Å². The molecule has 0 bridgehead atoms. The maximum absolute atomic E-state index is 5.88. The highest BCUT2D eigenvalue weighted by Crippen LogP contribution is 2.52. The summed E-state index contributed by atoms with van der Waals surface area (Å²) >= 11 is 0. The Kier molecular flexibility index (Phi) is 2.13. The van der Waals surface area contributed by atoms with Crippen LogP contribution in [0.2, 0.25) is 0 Å². The number of nitrogens with two attached hydrogens (primary N) is 1. The van der Waals surface area contributed by atoms with Crippen molar-refractivity contribution in [1.82, 2.24) is 0 Å². The van der Waals surface area contributed by atoms with Gasteiger partial charge in [0.05, 0.1) is 5.60 Å². The molecule has 0 heterocycles. The van der Waals surface area contributed by atoms with Gasteiger partial charge in [-0.1, -0.05) is 24.3 Å². The Labute approximate surface area is 96.8 Å². The van der Waals surface area contributed by atoms with E-state index in [2.05, 4.69) is 24.3 Å². The van der Waals surface area contributed by atoms with Gasteiger partial charge in [0.1, 0.15) is 0 Å². The van der Waals surface area contributed by atoms with E-state index < -0.39 is 0 Å². The summed E-state index contributed by atoms with van der Waals surface area (Å²) in [6, 6.07) is 8.87. The molecular weight excluding hydrogens is 198 g/mol. The first-order chi connectivity index (χ1) is 7.75. The molecule has 0 atom stereocenters. The standard InChI is InChI=1S/C14H19NO/c1-16-14(7-8-14)12-4-2-3-11(9-12)13(10-15)5-6-13/h2-4,9H,5-8,10,15H2,1H3. The number of hydrogen-bond acceptors (Lipinski definition) is 2. The summed E-state index contributed by atoms with van der Waals surface area (Å²) in [7, 11) is 1.81. The van der Waals surface area contributed by atoms with Crippen LogP contribution in [0.15, 0.2) is 24.3 Å². The summed E-state index contributed by atoms with van der Waals surface area (Å²) in [5.74, 6) is 0. The minimum atomic E-state index is 0.0285. The predicted octanol–water partition coefficient (Wildman–Crippen LogP) is 2.31. The lowest BCUT2D eigenvalue weighted by atomic mass is 9.93. The molecule has 2 N–H and O–H groups in total. The smallest absolute Gasteiger partial charge is 0.0930 e. The second-order valence-electron chi connectivity index (χ2n) is 5.26. The van der Waals surface area contributed by atoms with Gasteiger partial charge in [-0.2, -0.15) is 0 Å². The second-order valence-corrected chi connectivity index (χ2v) is 5.26. The third kappa shape index (κ3) is 1.40. The fourth-order valence-corrected chi connectivity index (χ4v) is 2.62. The Hall–Kier alpha value is -0.860. The SMILES string of the molecule is COC1(c2cccc(C3(CN)CC3)c2)CC1. The van der Waals surface area contributed by atoms with Crippen molar-refractivity contribution in [2.24, 2.45) is 5.73 Å². The van der Waals surface area contributed by atoms with Crippen LogP contribution in [0, 0.1) is 0 Å². The predicted molar refractivity (Wildman–Crippen MR) is 64.3 cm³/mol. The van der Waals surface area contributed by atoms with Crippen molar-refractivity contribution in [3.63, 3.8) is 0 Å². The third-order valence-electron chi connectivity index (χ3n) is 4.34. The van der Waals surface area contributed by atoms with Gasteiger partial charge in [-0.15, -0.1) is 0 Å². The average Bonchev–Trinajstić information content (AvgIpc) is 3.24. The van der Waals surface area contributed by atoms with Crippen molar-refractivity contribution in [3.8, 4) is 0 Å². The van der Waals surface area contributed by atoms with Crippen LogP contribution in [0.1, 0.15) is 36.8 Å². The molecule has 0 unspecified atom stereocenters. The van der Waals surface area contributed by atoms with Gasteiger partial charge in [0.15, 0.2) is 0 Å². The van der Waals surface area contributed by atoms with E-state index in [-0.39, 0.29) is 5.60 Å². The maximum atomic E-state index is 5.88. The number of ether oxygens (including phenoxy) is 1. The minimum Gasteiger partial charge on any atom is -0.374 e. The lowest BCUT2D eigenvalue weighted by molar-refractivity contribution is 0.0788. The molecule has 0 spiro atoms. The molecule has 0 saturated heterocycles. The van der Waals surface area contributed by atoms with Crippen LogP contribution >= 0.6 is 0 Å². The largest absolute Gasteiger partial charge is 0.374 e. The summed E-state index contributed by atoms with van der Waals surface area (Å²) in [4.78, 5) is 0. The van der Waals surface area contributed by atoms with Crippen molar-refractivity contribution in [2.45, 2.75) is 36.7 Å². The second kappa shape index (κ2) is 3.31. The topological polar surface area (TPSA) is 35.2 Å². The van der Waals surface area contributed by atoms with Gasteiger partial charge in [0, 0.05) is 19.1 Å². The van der Waals surface area contributed by atoms with Crippen LogP contribution in [-0.2, 0) is 15.8 Å². The zero-order chi connectivity index (χ0) is 11.2. The summed E-state index contributed by atoms with van der Waals surface area (Å²) < 4.78 is 5.63. The molecular formula is C14H19NO. The highest BCUT2D eigenvalue weighted by molar-refractivity contribution is 5.39. The van der Waals surface area contributed by atoms with Gasteiger partial charge < -0.3 is 10.5 Å². The molecule has 1 aromatic carbocycles. The summed E-state index contributed by atoms with van der Waals surface area (Å²) in [6.45, 7) is 0.774. The van der Waals surface area contributed by atoms with Crippen LogP contribution in [0.5, 0.6) is 0 Å². The molecule has 0 radical (unpaired) electrons. The van der Waals surface area contributed by atoms with E-state index >= 15 is 0 Å². The highest BCUT2D eigenvalue weighted by atomic mass is 16.5. The van der Waals surface area contributed by atoms with Gasteiger partial charge in [-0.25, -0.2) is 0 Å². The molecule has 2 aliphatic rings. The van der Waals surface area contributed by atoms with Crippen molar-refractivity contribution in [3.05, 3.63) is 35.4 Å². The lowest BCUT2D eigenvalue weighted by Crippen LogP contribution is -2.20. The molecule has 0 aliphatic heterocycles. The van der Waals surface area contributed by atoms with E-state index in [1.807, 2.05) is 7.11 Å². The van der Waals surface area contributed by atoms with Gasteiger partial charge in [-0.3, -0.25) is 0 Å². The first kappa shape index (κ1) is 10.3. The van der Waals surface area contributed by atoms with Crippen LogP contribution in [-0.4, -0.2) is 13.7 Å². The molecule has 2 aliphatic carbocycles. The molecule has 2 nitrogen and oxygen atoms in total. The fourth-order valence-electron chi connectivity index (χ4n) is 2.62. The van der Waals surface area contributed by atoms with Crippen molar-refractivity contribution in [1.29, 1.82) is 0 Å². The summed E-state index contributed by atoms with van der Waals surface area (Å²) in [6.07, 6.45) is 4.80. The molecule has 2 fully saturated rings. The number of hydrogen-bond donors (Lipinski definition) is 1. The quantitative estimate of drug-likeness (QED) is 0.840. The van der Waals surface area contributed by atoms with Crippen LogP contribution in [0.3, 0.4) is 0 Å². The Morgan fingerprint density at radius 3 is 2.38 bits per heavy atom. The van der Waals surface area contributed by atoms with E-state index in [1.54, 1.807) is 0 Å². The zero-order valence-corrected chi connectivity index (χ0v) is 9.83. The molecule has 3 rings (SSSR count). The monoisotopic (exact) mass is 217 g/mol. The Morgan fingerprint density at radius 1 is 1.19 bits per heavy atom. The Balaban J connectivity index is 1.95. The van der Waals surface area contributed by atoms with Gasteiger partial charge in [0.2, 0.25) is 0 Å². The van der Waals surface area contributed by atoms with E-state index in [0.717, 1.165) is 19.4 Å². The molecule has 2 heteroatoms. The molecule has 1 aromatic rings. The molecule has 2 saturated carbocycles. The Bertz CT molecular complexity index is 370. The van der Waals surface area contributed by atoms with Gasteiger partial charge >= 0.3 is 0 Å². The first-order valence-corrected chi connectivity index (χ1v) is 6.11. The van der Waals surface area contributed by atoms with Gasteiger partial charge in [0.25, 0.3) is 0 Å². The van der Waals surface area contributed by atoms with E-state index in [0.29, 0.717) is 5.41 Å². The van der Waals surface area contributed by atoms with Crippen molar-refractivity contribution < 1.29 is 4.74 Å². The molecule has 86 valence electrons. The zero-order valence-electron chi connectivity index (χ0n) is 9.83.